The van der Waals surface area contributed by atoms with Gasteiger partial charge in [0, 0.05) is 0 Å². The van der Waals surface area contributed by atoms with Crippen LogP contribution in [0.4, 0.5) is 0 Å². The van der Waals surface area contributed by atoms with Crippen LogP contribution in [-0.2, 0) is 4.57 Å². The molecule has 0 heterocycles. The van der Waals surface area contributed by atoms with E-state index in [2.05, 4.69) is 11.7 Å². The Labute approximate surface area is 35.9 Å². The molecule has 0 aromatic heterocycles. The Hall–Kier alpha value is 0.0700. The minimum atomic E-state index is -2.06. The van der Waals surface area contributed by atoms with Crippen molar-refractivity contribution in [2.45, 2.75) is 0 Å². The molecule has 0 saturated heterocycles. The van der Waals surface area contributed by atoms with E-state index < -0.39 is 8.10 Å². The molecule has 0 rings (SSSR count). The van der Waals surface area contributed by atoms with E-state index in [0.717, 1.165) is 0 Å². The number of nitrogens with two attached hydrogens (primary N) is 2. The molecule has 0 atom stereocenters. The minimum absolute atomic E-state index is 1.92. The third-order valence-electron chi connectivity index (χ3n) is 0.262. The van der Waals surface area contributed by atoms with Crippen LogP contribution in [0.5, 0.6) is 0 Å². The van der Waals surface area contributed by atoms with Gasteiger partial charge in [-0.1, -0.05) is 0 Å². The summed E-state index contributed by atoms with van der Waals surface area (Å²) >= 11 is 0. The van der Waals surface area contributed by atoms with Crippen molar-refractivity contribution < 1.29 is 4.57 Å². The number of hydrogen-bond acceptors (Lipinski definition) is 3. The number of hydrazine groups is 2. The molecule has 38 valence electrons. The molecule has 0 aliphatic rings. The predicted octanol–water partition coefficient (Wildman–Crippen LogP) is -1.70. The van der Waals surface area contributed by atoms with Crippen LogP contribution in [0.1, 0.15) is 0 Å². The highest BCUT2D eigenvalue weighted by Crippen LogP contribution is 1.96. The summed E-state index contributed by atoms with van der Waals surface area (Å²) in [6.07, 6.45) is 0. The molecule has 0 spiro atoms. The summed E-state index contributed by atoms with van der Waals surface area (Å²) in [7, 11) is -2.06. The minimum Gasteiger partial charge on any atom is -0.290 e. The quantitative estimate of drug-likeness (QED) is 0.193. The maximum Gasteiger partial charge on any atom is 0.225 e. The molecular formula is H7N4OP. The molecule has 6 heavy (non-hydrogen) atoms. The lowest BCUT2D eigenvalue weighted by atomic mass is 12.9. The molecule has 6 heteroatoms. The van der Waals surface area contributed by atoms with Crippen molar-refractivity contribution >= 4 is 8.10 Å². The maximum atomic E-state index is 9.89. The van der Waals surface area contributed by atoms with Gasteiger partial charge in [0.1, 0.15) is 0 Å². The van der Waals surface area contributed by atoms with Crippen molar-refractivity contribution in [1.82, 2.24) is 10.4 Å². The Morgan fingerprint density at radius 1 is 1.33 bits per heavy atom. The lowest BCUT2D eigenvalue weighted by molar-refractivity contribution is 0.572. The van der Waals surface area contributed by atoms with E-state index >= 15 is 0 Å². The van der Waals surface area contributed by atoms with Gasteiger partial charge in [0.15, 0.2) is 0 Å². The molecule has 0 amide bonds. The van der Waals surface area contributed by atoms with E-state index in [1.54, 1.807) is 0 Å². The van der Waals surface area contributed by atoms with Crippen LogP contribution >= 0.6 is 8.10 Å². The molecule has 0 fully saturated rings. The van der Waals surface area contributed by atoms with E-state index in [1.807, 2.05) is 10.4 Å². The second kappa shape index (κ2) is 3.27. The van der Waals surface area contributed by atoms with Crippen LogP contribution in [-0.4, -0.2) is 0 Å². The van der Waals surface area contributed by atoms with Gasteiger partial charge in [0.2, 0.25) is 8.10 Å². The topological polar surface area (TPSA) is 93.2 Å². The molecule has 0 saturated carbocycles. The van der Waals surface area contributed by atoms with Crippen molar-refractivity contribution in [1.29, 1.82) is 0 Å². The molecule has 0 radical (unpaired) electrons. The highest BCUT2D eigenvalue weighted by atomic mass is 31.1. The zero-order chi connectivity index (χ0) is 4.99. The highest BCUT2D eigenvalue weighted by Gasteiger charge is 1.80. The lowest BCUT2D eigenvalue weighted by Crippen LogP contribution is -2.23. The Morgan fingerprint density at radius 2 is 1.67 bits per heavy atom. The molecule has 0 aromatic carbocycles. The zero-order valence-corrected chi connectivity index (χ0v) is 4.06. The number of hydrogen-bond donors (Lipinski definition) is 4. The fraction of sp³-hybridized carbons (Fsp3) is 0. The average Bonchev–Trinajstić information content (AvgIpc) is 1.65. The van der Waals surface area contributed by atoms with E-state index in [4.69, 9.17) is 0 Å². The van der Waals surface area contributed by atoms with E-state index in [0.29, 0.717) is 0 Å². The van der Waals surface area contributed by atoms with E-state index in [1.165, 1.54) is 0 Å². The van der Waals surface area contributed by atoms with Crippen LogP contribution in [0.2, 0.25) is 0 Å². The fourth-order valence-corrected chi connectivity index (χ4v) is 0.125. The SMILES string of the molecule is NN[PH](=O)NN. The first kappa shape index (κ1) is 6.07. The Kier molecular flexibility index (Phi) is 3.31. The first-order valence-electron chi connectivity index (χ1n) is 1.28. The molecule has 0 bridgehead atoms. The second-order valence-electron chi connectivity index (χ2n) is 0.618. The van der Waals surface area contributed by atoms with E-state index in [-0.39, 0.29) is 0 Å². The summed E-state index contributed by atoms with van der Waals surface area (Å²) in [5.41, 5.74) is 0. The molecular weight excluding hydrogens is 103 g/mol. The van der Waals surface area contributed by atoms with Gasteiger partial charge in [-0.3, -0.25) is 16.3 Å². The van der Waals surface area contributed by atoms with Crippen molar-refractivity contribution in [3.8, 4) is 0 Å². The maximum absolute atomic E-state index is 9.89. The number of rotatable bonds is 2. The predicted molar refractivity (Wildman–Crippen MR) is 23.6 cm³/mol. The lowest BCUT2D eigenvalue weighted by Gasteiger charge is -1.90. The van der Waals surface area contributed by atoms with Gasteiger partial charge in [-0.15, -0.1) is 0 Å². The summed E-state index contributed by atoms with van der Waals surface area (Å²) in [6, 6.07) is 0. The Balaban J connectivity index is 2.99. The normalized spacial score (nSPS) is 9.83. The van der Waals surface area contributed by atoms with Gasteiger partial charge in [-0.2, -0.15) is 10.4 Å². The highest BCUT2D eigenvalue weighted by molar-refractivity contribution is 7.39. The number of nitrogens with one attached hydrogen (secondary N) is 2. The van der Waals surface area contributed by atoms with Gasteiger partial charge >= 0.3 is 0 Å². The summed E-state index contributed by atoms with van der Waals surface area (Å²) in [6.45, 7) is 0. The van der Waals surface area contributed by atoms with Crippen molar-refractivity contribution in [2.75, 3.05) is 0 Å². The smallest absolute Gasteiger partial charge is 0.225 e. The molecule has 0 aliphatic carbocycles. The van der Waals surface area contributed by atoms with Gasteiger partial charge in [-0.25, -0.2) is 0 Å². The molecule has 0 aromatic rings. The van der Waals surface area contributed by atoms with Gasteiger partial charge in [0.25, 0.3) is 0 Å². The largest absolute Gasteiger partial charge is 0.290 e. The third kappa shape index (κ3) is 2.32. The van der Waals surface area contributed by atoms with Crippen molar-refractivity contribution in [2.24, 2.45) is 11.7 Å². The molecule has 0 unspecified atom stereocenters. The fourth-order valence-electron chi connectivity index (χ4n) is 0.0417. The van der Waals surface area contributed by atoms with Crippen LogP contribution in [0.25, 0.3) is 0 Å². The standard InChI is InChI=1S/H7N4OP/c1-3-6(5)4-2/h6H,1-2H2,(H2,3,4,5). The molecule has 5 nitrogen and oxygen atoms in total. The first-order valence-corrected chi connectivity index (χ1v) is 2.69. The summed E-state index contributed by atoms with van der Waals surface area (Å²) in [5, 5.41) is 3.85. The molecule has 0 aliphatic heterocycles. The Bertz CT molecular complexity index is 45.5. The van der Waals surface area contributed by atoms with Gasteiger partial charge in [0.05, 0.1) is 0 Å². The summed E-state index contributed by atoms with van der Waals surface area (Å²) in [4.78, 5) is 0. The average molecular weight is 110 g/mol. The van der Waals surface area contributed by atoms with Gasteiger partial charge in [-0.05, 0) is 0 Å². The van der Waals surface area contributed by atoms with Crippen LogP contribution in [0.3, 0.4) is 0 Å². The van der Waals surface area contributed by atoms with Crippen LogP contribution in [0, 0.1) is 0 Å². The van der Waals surface area contributed by atoms with Crippen molar-refractivity contribution in [3.63, 3.8) is 0 Å². The summed E-state index contributed by atoms with van der Waals surface area (Å²) in [5.74, 6) is 9.25. The van der Waals surface area contributed by atoms with Crippen LogP contribution < -0.4 is 22.1 Å². The second-order valence-corrected chi connectivity index (χ2v) is 1.85. The summed E-state index contributed by atoms with van der Waals surface area (Å²) < 4.78 is 9.89. The van der Waals surface area contributed by atoms with Gasteiger partial charge < -0.3 is 0 Å². The van der Waals surface area contributed by atoms with E-state index in [9.17, 15) is 4.57 Å². The first-order chi connectivity index (χ1) is 2.81. The third-order valence-corrected chi connectivity index (χ3v) is 0.787. The van der Waals surface area contributed by atoms with Crippen molar-refractivity contribution in [3.05, 3.63) is 0 Å². The molecule has 6 N–H and O–H groups in total. The zero-order valence-electron chi connectivity index (χ0n) is 3.06. The monoisotopic (exact) mass is 110 g/mol. The Morgan fingerprint density at radius 3 is 1.67 bits per heavy atom. The van der Waals surface area contributed by atoms with Crippen LogP contribution in [0.15, 0.2) is 0 Å².